The van der Waals surface area contributed by atoms with Gasteiger partial charge in [0.25, 0.3) is 0 Å². The molecule has 5 heteroatoms. The van der Waals surface area contributed by atoms with E-state index in [1.807, 2.05) is 43.3 Å². The van der Waals surface area contributed by atoms with E-state index in [1.54, 1.807) is 6.21 Å². The molecule has 0 aliphatic carbocycles. The molecule has 0 atom stereocenters. The first-order valence-electron chi connectivity index (χ1n) is 8.38. The van der Waals surface area contributed by atoms with Gasteiger partial charge in [0.15, 0.2) is 0 Å². The number of hydrazone groups is 1. The summed E-state index contributed by atoms with van der Waals surface area (Å²) in [4.78, 5) is 11.8. The minimum atomic E-state index is -0.118. The molecule has 1 N–H and O–H groups in total. The van der Waals surface area contributed by atoms with Crippen molar-refractivity contribution >= 4 is 28.1 Å². The quantitative estimate of drug-likeness (QED) is 0.397. The Kier molecular flexibility index (Phi) is 7.67. The van der Waals surface area contributed by atoms with Gasteiger partial charge in [0.1, 0.15) is 5.75 Å². The van der Waals surface area contributed by atoms with E-state index >= 15 is 0 Å². The Morgan fingerprint density at radius 1 is 1.24 bits per heavy atom. The molecule has 0 aromatic heterocycles. The SMILES string of the molecule is CCc1ccc(OCCCC(=O)N/N=C/c2ccc(C)cc2)c(Br)c1. The van der Waals surface area contributed by atoms with Crippen LogP contribution in [0.4, 0.5) is 0 Å². The summed E-state index contributed by atoms with van der Waals surface area (Å²) in [6.45, 7) is 4.63. The summed E-state index contributed by atoms with van der Waals surface area (Å²) < 4.78 is 6.65. The topological polar surface area (TPSA) is 50.7 Å². The van der Waals surface area contributed by atoms with Gasteiger partial charge < -0.3 is 4.74 Å². The van der Waals surface area contributed by atoms with Gasteiger partial charge in [0, 0.05) is 6.42 Å². The number of carbonyl (C=O) groups excluding carboxylic acids is 1. The maximum absolute atomic E-state index is 11.8. The number of ether oxygens (including phenoxy) is 1. The van der Waals surface area contributed by atoms with Crippen molar-refractivity contribution < 1.29 is 9.53 Å². The van der Waals surface area contributed by atoms with Crippen LogP contribution in [0.2, 0.25) is 0 Å². The van der Waals surface area contributed by atoms with Crippen molar-refractivity contribution in [3.63, 3.8) is 0 Å². The fourth-order valence-electron chi connectivity index (χ4n) is 2.18. The van der Waals surface area contributed by atoms with Gasteiger partial charge in [0.05, 0.1) is 17.3 Å². The zero-order valence-electron chi connectivity index (χ0n) is 14.6. The maximum Gasteiger partial charge on any atom is 0.240 e. The number of benzene rings is 2. The fraction of sp³-hybridized carbons (Fsp3) is 0.300. The van der Waals surface area contributed by atoms with Gasteiger partial charge in [-0.1, -0.05) is 42.8 Å². The van der Waals surface area contributed by atoms with Gasteiger partial charge >= 0.3 is 0 Å². The summed E-state index contributed by atoms with van der Waals surface area (Å²) in [7, 11) is 0. The Hall–Kier alpha value is -2.14. The third-order valence-electron chi connectivity index (χ3n) is 3.69. The van der Waals surface area contributed by atoms with E-state index in [0.717, 1.165) is 22.2 Å². The summed E-state index contributed by atoms with van der Waals surface area (Å²) in [5.74, 6) is 0.683. The molecule has 2 rings (SSSR count). The third kappa shape index (κ3) is 6.70. The van der Waals surface area contributed by atoms with Crippen LogP contribution in [-0.4, -0.2) is 18.7 Å². The van der Waals surface area contributed by atoms with Crippen LogP contribution in [0.25, 0.3) is 0 Å². The molecule has 25 heavy (non-hydrogen) atoms. The van der Waals surface area contributed by atoms with Crippen molar-refractivity contribution in [2.24, 2.45) is 5.10 Å². The van der Waals surface area contributed by atoms with Crippen LogP contribution in [-0.2, 0) is 11.2 Å². The minimum absolute atomic E-state index is 0.118. The Labute approximate surface area is 157 Å². The second-order valence-electron chi connectivity index (χ2n) is 5.77. The predicted molar refractivity (Wildman–Crippen MR) is 105 cm³/mol. The van der Waals surface area contributed by atoms with Gasteiger partial charge in [-0.2, -0.15) is 5.10 Å². The number of halogens is 1. The predicted octanol–water partition coefficient (Wildman–Crippen LogP) is 4.63. The van der Waals surface area contributed by atoms with Gasteiger partial charge in [-0.15, -0.1) is 0 Å². The zero-order chi connectivity index (χ0) is 18.1. The molecule has 2 aromatic rings. The second-order valence-corrected chi connectivity index (χ2v) is 6.63. The number of carbonyl (C=O) groups is 1. The minimum Gasteiger partial charge on any atom is -0.492 e. The lowest BCUT2D eigenvalue weighted by molar-refractivity contribution is -0.121. The zero-order valence-corrected chi connectivity index (χ0v) is 16.2. The lowest BCUT2D eigenvalue weighted by Gasteiger charge is -2.09. The largest absolute Gasteiger partial charge is 0.492 e. The number of nitrogens with zero attached hydrogens (tertiary/aromatic N) is 1. The standard InChI is InChI=1S/C20H23BrN2O2/c1-3-16-10-11-19(18(21)13-16)25-12-4-5-20(24)23-22-14-17-8-6-15(2)7-9-17/h6-11,13-14H,3-5,12H2,1-2H3,(H,23,24)/b22-14+. The average Bonchev–Trinajstić information content (AvgIpc) is 2.61. The summed E-state index contributed by atoms with van der Waals surface area (Å²) in [5, 5.41) is 3.97. The second kappa shape index (κ2) is 9.99. The van der Waals surface area contributed by atoms with Crippen molar-refractivity contribution in [2.45, 2.75) is 33.1 Å². The molecule has 0 spiro atoms. The smallest absolute Gasteiger partial charge is 0.240 e. The Morgan fingerprint density at radius 3 is 2.68 bits per heavy atom. The molecule has 0 unspecified atom stereocenters. The Bertz CT molecular complexity index is 727. The fourth-order valence-corrected chi connectivity index (χ4v) is 2.72. The Balaban J connectivity index is 1.67. The van der Waals surface area contributed by atoms with Crippen LogP contribution in [0.3, 0.4) is 0 Å². The van der Waals surface area contributed by atoms with E-state index in [4.69, 9.17) is 4.74 Å². The third-order valence-corrected chi connectivity index (χ3v) is 4.31. The summed E-state index contributed by atoms with van der Waals surface area (Å²) in [6, 6.07) is 14.0. The highest BCUT2D eigenvalue weighted by atomic mass is 79.9. The molecule has 0 aliphatic rings. The van der Waals surface area contributed by atoms with E-state index in [-0.39, 0.29) is 5.91 Å². The van der Waals surface area contributed by atoms with E-state index in [9.17, 15) is 4.79 Å². The molecule has 0 bridgehead atoms. The van der Waals surface area contributed by atoms with E-state index < -0.39 is 0 Å². The highest BCUT2D eigenvalue weighted by Crippen LogP contribution is 2.26. The van der Waals surface area contributed by atoms with E-state index in [1.165, 1.54) is 11.1 Å². The van der Waals surface area contributed by atoms with Gasteiger partial charge in [-0.25, -0.2) is 5.43 Å². The van der Waals surface area contributed by atoms with Crippen molar-refractivity contribution in [1.82, 2.24) is 5.43 Å². The lowest BCUT2D eigenvalue weighted by atomic mass is 10.2. The molecule has 0 heterocycles. The summed E-state index contributed by atoms with van der Waals surface area (Å²) >= 11 is 3.51. The molecular weight excluding hydrogens is 380 g/mol. The van der Waals surface area contributed by atoms with Crippen LogP contribution in [0.5, 0.6) is 5.75 Å². The number of aryl methyl sites for hydroxylation is 2. The normalized spacial score (nSPS) is 10.8. The van der Waals surface area contributed by atoms with Gasteiger partial charge in [-0.05, 0) is 59.0 Å². The van der Waals surface area contributed by atoms with Crippen LogP contribution in [0.1, 0.15) is 36.5 Å². The highest BCUT2D eigenvalue weighted by molar-refractivity contribution is 9.10. The number of rotatable bonds is 8. The lowest BCUT2D eigenvalue weighted by Crippen LogP contribution is -2.18. The first-order chi connectivity index (χ1) is 12.1. The van der Waals surface area contributed by atoms with Gasteiger partial charge in [0.2, 0.25) is 5.91 Å². The maximum atomic E-state index is 11.8. The Morgan fingerprint density at radius 2 is 2.00 bits per heavy atom. The number of nitrogens with one attached hydrogen (secondary N) is 1. The molecule has 0 aliphatic heterocycles. The van der Waals surface area contributed by atoms with Gasteiger partial charge in [-0.3, -0.25) is 4.79 Å². The number of amides is 1. The van der Waals surface area contributed by atoms with Crippen molar-refractivity contribution in [2.75, 3.05) is 6.61 Å². The van der Waals surface area contributed by atoms with E-state index in [2.05, 4.69) is 39.4 Å². The van der Waals surface area contributed by atoms with Crippen molar-refractivity contribution in [3.05, 3.63) is 63.6 Å². The average molecular weight is 403 g/mol. The van der Waals surface area contributed by atoms with Crippen LogP contribution < -0.4 is 10.2 Å². The van der Waals surface area contributed by atoms with Crippen LogP contribution >= 0.6 is 15.9 Å². The highest BCUT2D eigenvalue weighted by Gasteiger charge is 2.04. The molecule has 132 valence electrons. The number of hydrogen-bond donors (Lipinski definition) is 1. The molecule has 2 aromatic carbocycles. The molecule has 0 saturated carbocycles. The van der Waals surface area contributed by atoms with Crippen molar-refractivity contribution in [3.8, 4) is 5.75 Å². The molecular formula is C20H23BrN2O2. The first-order valence-corrected chi connectivity index (χ1v) is 9.17. The monoisotopic (exact) mass is 402 g/mol. The van der Waals surface area contributed by atoms with Crippen LogP contribution in [0, 0.1) is 6.92 Å². The molecule has 0 fully saturated rings. The summed E-state index contributed by atoms with van der Waals surface area (Å²) in [6.07, 6.45) is 3.63. The van der Waals surface area contributed by atoms with E-state index in [0.29, 0.717) is 19.4 Å². The van der Waals surface area contributed by atoms with Crippen LogP contribution in [0.15, 0.2) is 52.0 Å². The molecule has 1 amide bonds. The molecule has 0 radical (unpaired) electrons. The molecule has 4 nitrogen and oxygen atoms in total. The summed E-state index contributed by atoms with van der Waals surface area (Å²) in [5.41, 5.74) is 5.94. The first kappa shape index (κ1) is 19.2. The van der Waals surface area contributed by atoms with Crippen molar-refractivity contribution in [1.29, 1.82) is 0 Å². The molecule has 0 saturated heterocycles. The number of hydrogen-bond acceptors (Lipinski definition) is 3.